The number of carbonyl (C=O) groups is 1. The topological polar surface area (TPSA) is 69.7 Å². The number of nitrogens with zero attached hydrogens (tertiary/aromatic N) is 2. The molecule has 1 aliphatic heterocycles. The zero-order valence-corrected chi connectivity index (χ0v) is 17.6. The van der Waals surface area contributed by atoms with Crippen LogP contribution in [0.5, 0.6) is 0 Å². The largest absolute Gasteiger partial charge is 0.376 e. The molecule has 0 saturated carbocycles. The summed E-state index contributed by atoms with van der Waals surface area (Å²) in [6, 6.07) is 8.15. The van der Waals surface area contributed by atoms with Gasteiger partial charge in [0.1, 0.15) is 0 Å². The van der Waals surface area contributed by atoms with Gasteiger partial charge in [-0.05, 0) is 43.2 Å². The number of halogens is 1. The first kappa shape index (κ1) is 20.1. The quantitative estimate of drug-likeness (QED) is 0.785. The molecule has 1 aromatic heterocycles. The van der Waals surface area contributed by atoms with Crippen molar-refractivity contribution in [3.8, 4) is 0 Å². The zero-order valence-electron chi connectivity index (χ0n) is 15.2. The summed E-state index contributed by atoms with van der Waals surface area (Å²) in [6.45, 7) is 1.07. The van der Waals surface area contributed by atoms with Crippen LogP contribution >= 0.6 is 22.9 Å². The summed E-state index contributed by atoms with van der Waals surface area (Å²) in [7, 11) is 0.0999. The van der Waals surface area contributed by atoms with Crippen molar-refractivity contribution in [2.45, 2.75) is 24.2 Å². The number of piperidine rings is 1. The van der Waals surface area contributed by atoms with Crippen LogP contribution in [-0.4, -0.2) is 45.8 Å². The summed E-state index contributed by atoms with van der Waals surface area (Å²) in [4.78, 5) is 15.0. The average Bonchev–Trinajstić information content (AvgIpc) is 3.08. The fourth-order valence-electron chi connectivity index (χ4n) is 3.04. The van der Waals surface area contributed by atoms with Crippen molar-refractivity contribution in [3.63, 3.8) is 0 Å². The summed E-state index contributed by atoms with van der Waals surface area (Å²) in [5, 5.41) is 2.83. The lowest BCUT2D eigenvalue weighted by atomic mass is 10.2. The molecule has 6 nitrogen and oxygen atoms in total. The first-order valence-electron chi connectivity index (χ1n) is 8.67. The highest BCUT2D eigenvalue weighted by molar-refractivity contribution is 7.89. The molecule has 0 radical (unpaired) electrons. The van der Waals surface area contributed by atoms with E-state index < -0.39 is 10.0 Å². The van der Waals surface area contributed by atoms with Gasteiger partial charge in [0, 0.05) is 27.2 Å². The molecule has 0 spiro atoms. The van der Waals surface area contributed by atoms with Crippen LogP contribution in [0.3, 0.4) is 0 Å². The van der Waals surface area contributed by atoms with E-state index in [4.69, 9.17) is 11.6 Å². The molecule has 2 aromatic rings. The van der Waals surface area contributed by atoms with E-state index in [0.717, 1.165) is 24.9 Å². The smallest absolute Gasteiger partial charge is 0.265 e. The van der Waals surface area contributed by atoms with Crippen molar-refractivity contribution < 1.29 is 13.2 Å². The van der Waals surface area contributed by atoms with Crippen LogP contribution in [0.4, 0.5) is 11.4 Å². The Morgan fingerprint density at radius 2 is 1.85 bits per heavy atom. The first-order chi connectivity index (χ1) is 12.8. The Bertz CT molecular complexity index is 935. The SMILES string of the molecule is CN(C)c1ccc(S(=O)(=O)N2CCCCC2)cc1NC(=O)c1ccc(Cl)s1. The molecule has 0 atom stereocenters. The average molecular weight is 428 g/mol. The second-order valence-corrected chi connectivity index (χ2v) is 10.2. The summed E-state index contributed by atoms with van der Waals surface area (Å²) in [6.07, 6.45) is 2.80. The number of hydrogen-bond acceptors (Lipinski definition) is 5. The molecular formula is C18H22ClN3O3S2. The van der Waals surface area contributed by atoms with E-state index >= 15 is 0 Å². The minimum atomic E-state index is -3.58. The summed E-state index contributed by atoms with van der Waals surface area (Å²) in [5.74, 6) is -0.317. The molecule has 27 heavy (non-hydrogen) atoms. The number of nitrogens with one attached hydrogen (secondary N) is 1. The van der Waals surface area contributed by atoms with Crippen molar-refractivity contribution >= 4 is 50.2 Å². The molecule has 146 valence electrons. The van der Waals surface area contributed by atoms with Crippen molar-refractivity contribution in [3.05, 3.63) is 39.5 Å². The van der Waals surface area contributed by atoms with E-state index in [0.29, 0.717) is 28.0 Å². The molecule has 3 rings (SSSR count). The lowest BCUT2D eigenvalue weighted by Crippen LogP contribution is -2.35. The van der Waals surface area contributed by atoms with Gasteiger partial charge in [-0.2, -0.15) is 4.31 Å². The van der Waals surface area contributed by atoms with Gasteiger partial charge in [-0.25, -0.2) is 8.42 Å². The highest BCUT2D eigenvalue weighted by Gasteiger charge is 2.27. The monoisotopic (exact) mass is 427 g/mol. The predicted octanol–water partition coefficient (Wildman–Crippen LogP) is 3.89. The highest BCUT2D eigenvalue weighted by atomic mass is 35.5. The van der Waals surface area contributed by atoms with E-state index in [2.05, 4.69) is 5.32 Å². The number of thiophene rings is 1. The van der Waals surface area contributed by atoms with Gasteiger partial charge in [0.2, 0.25) is 10.0 Å². The van der Waals surface area contributed by atoms with Crippen LogP contribution in [0.15, 0.2) is 35.2 Å². The van der Waals surface area contributed by atoms with Crippen LogP contribution in [0.1, 0.15) is 28.9 Å². The van der Waals surface area contributed by atoms with Gasteiger partial charge in [-0.1, -0.05) is 18.0 Å². The molecule has 0 bridgehead atoms. The molecule has 1 N–H and O–H groups in total. The van der Waals surface area contributed by atoms with Crippen molar-refractivity contribution in [1.29, 1.82) is 0 Å². The highest BCUT2D eigenvalue weighted by Crippen LogP contribution is 2.31. The summed E-state index contributed by atoms with van der Waals surface area (Å²) in [5.41, 5.74) is 1.18. The van der Waals surface area contributed by atoms with Gasteiger partial charge in [0.25, 0.3) is 5.91 Å². The summed E-state index contributed by atoms with van der Waals surface area (Å²) < 4.78 is 28.0. The molecule has 1 saturated heterocycles. The van der Waals surface area contributed by atoms with E-state index in [1.165, 1.54) is 21.7 Å². The predicted molar refractivity (Wildman–Crippen MR) is 111 cm³/mol. The molecule has 0 aliphatic carbocycles. The standard InChI is InChI=1S/C18H22ClN3O3S2/c1-21(2)15-7-6-13(27(24,25)22-10-4-3-5-11-22)12-14(15)20-18(23)16-8-9-17(19)26-16/h6-9,12H,3-5,10-11H2,1-2H3,(H,20,23). The van der Waals surface area contributed by atoms with Gasteiger partial charge in [0.05, 0.1) is 25.5 Å². The number of rotatable bonds is 5. The van der Waals surface area contributed by atoms with Crippen molar-refractivity contribution in [2.24, 2.45) is 0 Å². The maximum atomic E-state index is 13.0. The molecule has 1 aromatic carbocycles. The number of sulfonamides is 1. The van der Waals surface area contributed by atoms with Crippen molar-refractivity contribution in [2.75, 3.05) is 37.4 Å². The van der Waals surface area contributed by atoms with Crippen LogP contribution in [-0.2, 0) is 10.0 Å². The van der Waals surface area contributed by atoms with E-state index in [1.807, 2.05) is 19.0 Å². The Hall–Kier alpha value is -1.61. The lowest BCUT2D eigenvalue weighted by Gasteiger charge is -2.26. The molecule has 9 heteroatoms. The third kappa shape index (κ3) is 4.45. The molecule has 0 unspecified atom stereocenters. The Balaban J connectivity index is 1.94. The number of benzene rings is 1. The van der Waals surface area contributed by atoms with Gasteiger partial charge < -0.3 is 10.2 Å². The normalized spacial score (nSPS) is 15.5. The van der Waals surface area contributed by atoms with Gasteiger partial charge in [0.15, 0.2) is 0 Å². The fraction of sp³-hybridized carbons (Fsp3) is 0.389. The molecular weight excluding hydrogens is 406 g/mol. The minimum Gasteiger partial charge on any atom is -0.376 e. The zero-order chi connectivity index (χ0) is 19.6. The first-order valence-corrected chi connectivity index (χ1v) is 11.3. The third-order valence-electron chi connectivity index (χ3n) is 4.45. The van der Waals surface area contributed by atoms with Crippen molar-refractivity contribution in [1.82, 2.24) is 4.31 Å². The number of anilines is 2. The number of hydrogen-bond donors (Lipinski definition) is 1. The lowest BCUT2D eigenvalue weighted by molar-refractivity contribution is 0.103. The number of amides is 1. The van der Waals surface area contributed by atoms with Gasteiger partial charge in [-0.3, -0.25) is 4.79 Å². The van der Waals surface area contributed by atoms with Crippen LogP contribution in [0.25, 0.3) is 0 Å². The second kappa shape index (κ2) is 8.18. The summed E-state index contributed by atoms with van der Waals surface area (Å²) >= 11 is 7.08. The fourth-order valence-corrected chi connectivity index (χ4v) is 5.52. The number of carbonyl (C=O) groups excluding carboxylic acids is 1. The van der Waals surface area contributed by atoms with Crippen LogP contribution in [0.2, 0.25) is 4.34 Å². The Morgan fingerprint density at radius 1 is 1.15 bits per heavy atom. The van der Waals surface area contributed by atoms with E-state index in [1.54, 1.807) is 24.3 Å². The van der Waals surface area contributed by atoms with E-state index in [9.17, 15) is 13.2 Å². The molecule has 1 fully saturated rings. The van der Waals surface area contributed by atoms with Crippen LogP contribution in [0, 0.1) is 0 Å². The maximum Gasteiger partial charge on any atom is 0.265 e. The Morgan fingerprint density at radius 3 is 2.44 bits per heavy atom. The van der Waals surface area contributed by atoms with Gasteiger partial charge in [-0.15, -0.1) is 11.3 Å². The van der Waals surface area contributed by atoms with Crippen LogP contribution < -0.4 is 10.2 Å². The molecule has 1 amide bonds. The Labute approximate surface area is 168 Å². The molecule has 1 aliphatic rings. The second-order valence-electron chi connectivity index (χ2n) is 6.60. The molecule has 2 heterocycles. The van der Waals surface area contributed by atoms with Gasteiger partial charge >= 0.3 is 0 Å². The van der Waals surface area contributed by atoms with E-state index in [-0.39, 0.29) is 10.8 Å². The third-order valence-corrected chi connectivity index (χ3v) is 7.57. The minimum absolute atomic E-state index is 0.189. The maximum absolute atomic E-state index is 13.0. The Kier molecular flexibility index (Phi) is 6.10.